The Kier molecular flexibility index (Phi) is 5.38. The van der Waals surface area contributed by atoms with Crippen molar-refractivity contribution in [3.8, 4) is 17.1 Å². The van der Waals surface area contributed by atoms with Crippen molar-refractivity contribution in [2.75, 3.05) is 11.9 Å². The molecule has 0 fully saturated rings. The Morgan fingerprint density at radius 1 is 1.03 bits per heavy atom. The van der Waals surface area contributed by atoms with Crippen LogP contribution in [0.25, 0.3) is 17.1 Å². The van der Waals surface area contributed by atoms with Gasteiger partial charge in [0.25, 0.3) is 0 Å². The lowest BCUT2D eigenvalue weighted by Crippen LogP contribution is -2.31. The number of para-hydroxylation sites is 1. The zero-order chi connectivity index (χ0) is 20.1. The van der Waals surface area contributed by atoms with E-state index in [1.807, 2.05) is 67.6 Å². The Morgan fingerprint density at radius 2 is 1.76 bits per heavy atom. The van der Waals surface area contributed by atoms with Crippen LogP contribution in [0, 0.1) is 6.92 Å². The summed E-state index contributed by atoms with van der Waals surface area (Å²) in [6, 6.07) is 20.8. The van der Waals surface area contributed by atoms with Gasteiger partial charge in [-0.05, 0) is 31.2 Å². The Morgan fingerprint density at radius 3 is 2.52 bits per heavy atom. The molecule has 0 atom stereocenters. The zero-order valence-corrected chi connectivity index (χ0v) is 16.0. The van der Waals surface area contributed by atoms with Gasteiger partial charge in [0.05, 0.1) is 17.6 Å². The summed E-state index contributed by atoms with van der Waals surface area (Å²) >= 11 is 0. The monoisotopic (exact) mass is 387 g/mol. The number of oxazole rings is 1. The van der Waals surface area contributed by atoms with Crippen LogP contribution in [0.15, 0.2) is 77.3 Å². The lowest BCUT2D eigenvalue weighted by atomic mass is 10.2. The number of rotatable bonds is 6. The van der Waals surface area contributed by atoms with E-state index in [0.717, 1.165) is 22.7 Å². The molecule has 0 saturated carbocycles. The summed E-state index contributed by atoms with van der Waals surface area (Å²) in [5.74, 6) is 1.94. The minimum atomic E-state index is -0.299. The summed E-state index contributed by atoms with van der Waals surface area (Å²) in [4.78, 5) is 16.8. The van der Waals surface area contributed by atoms with E-state index < -0.39 is 0 Å². The SMILES string of the molecule is Cc1oc(-c2ccccc2)nc1CCNC(=O)Nc1ccnn1-c1ccccc1. The Bertz CT molecular complexity index is 1090. The van der Waals surface area contributed by atoms with Gasteiger partial charge in [-0.15, -0.1) is 0 Å². The summed E-state index contributed by atoms with van der Waals surface area (Å²) in [6.45, 7) is 2.32. The van der Waals surface area contributed by atoms with Crippen LogP contribution < -0.4 is 10.6 Å². The van der Waals surface area contributed by atoms with Crippen LogP contribution in [-0.2, 0) is 6.42 Å². The minimum Gasteiger partial charge on any atom is -0.441 e. The number of nitrogens with one attached hydrogen (secondary N) is 2. The molecule has 2 N–H and O–H groups in total. The van der Waals surface area contributed by atoms with Crippen LogP contribution in [0.3, 0.4) is 0 Å². The molecule has 0 aliphatic rings. The molecule has 0 radical (unpaired) electrons. The van der Waals surface area contributed by atoms with Gasteiger partial charge in [-0.2, -0.15) is 5.10 Å². The van der Waals surface area contributed by atoms with Gasteiger partial charge in [0.15, 0.2) is 0 Å². The van der Waals surface area contributed by atoms with Crippen LogP contribution >= 0.6 is 0 Å². The molecule has 0 bridgehead atoms. The summed E-state index contributed by atoms with van der Waals surface area (Å²) in [6.07, 6.45) is 2.22. The molecule has 4 aromatic rings. The molecule has 29 heavy (non-hydrogen) atoms. The van der Waals surface area contributed by atoms with Crippen molar-refractivity contribution in [1.82, 2.24) is 20.1 Å². The molecule has 2 heterocycles. The van der Waals surface area contributed by atoms with Gasteiger partial charge in [0.1, 0.15) is 11.6 Å². The summed E-state index contributed by atoms with van der Waals surface area (Å²) in [5.41, 5.74) is 2.64. The van der Waals surface area contributed by atoms with E-state index in [1.165, 1.54) is 0 Å². The topological polar surface area (TPSA) is 85.0 Å². The Hall–Kier alpha value is -3.87. The van der Waals surface area contributed by atoms with Crippen molar-refractivity contribution in [2.45, 2.75) is 13.3 Å². The molecule has 2 aromatic heterocycles. The quantitative estimate of drug-likeness (QED) is 0.519. The highest BCUT2D eigenvalue weighted by atomic mass is 16.4. The summed E-state index contributed by atoms with van der Waals surface area (Å²) < 4.78 is 7.43. The molecular weight excluding hydrogens is 366 g/mol. The van der Waals surface area contributed by atoms with E-state index in [4.69, 9.17) is 4.42 Å². The molecule has 146 valence electrons. The van der Waals surface area contributed by atoms with Gasteiger partial charge in [-0.25, -0.2) is 14.5 Å². The smallest absolute Gasteiger partial charge is 0.320 e. The number of hydrogen-bond acceptors (Lipinski definition) is 4. The van der Waals surface area contributed by atoms with Gasteiger partial charge >= 0.3 is 6.03 Å². The number of benzene rings is 2. The number of carbonyl (C=O) groups is 1. The standard InChI is InChI=1S/C22H21N5O2/c1-16-19(25-21(29-16)17-8-4-2-5-9-17)12-14-23-22(28)26-20-13-15-24-27(20)18-10-6-3-7-11-18/h2-11,13,15H,12,14H2,1H3,(H2,23,26,28). The van der Waals surface area contributed by atoms with Crippen molar-refractivity contribution in [3.63, 3.8) is 0 Å². The number of aryl methyl sites for hydroxylation is 1. The van der Waals surface area contributed by atoms with Crippen LogP contribution in [0.2, 0.25) is 0 Å². The number of anilines is 1. The zero-order valence-electron chi connectivity index (χ0n) is 16.0. The van der Waals surface area contributed by atoms with Crippen molar-refractivity contribution in [1.29, 1.82) is 0 Å². The molecule has 7 heteroatoms. The highest BCUT2D eigenvalue weighted by Crippen LogP contribution is 2.21. The Labute approximate surface area is 168 Å². The summed E-state index contributed by atoms with van der Waals surface area (Å²) in [5, 5.41) is 9.94. The maximum atomic E-state index is 12.3. The Balaban J connectivity index is 1.34. The number of hydrogen-bond donors (Lipinski definition) is 2. The first-order valence-electron chi connectivity index (χ1n) is 9.37. The van der Waals surface area contributed by atoms with Gasteiger partial charge in [-0.3, -0.25) is 5.32 Å². The van der Waals surface area contributed by atoms with Crippen LogP contribution in [0.1, 0.15) is 11.5 Å². The van der Waals surface area contributed by atoms with Crippen molar-refractivity contribution in [3.05, 3.63) is 84.4 Å². The van der Waals surface area contributed by atoms with Crippen molar-refractivity contribution >= 4 is 11.8 Å². The summed E-state index contributed by atoms with van der Waals surface area (Å²) in [7, 11) is 0. The molecule has 0 unspecified atom stereocenters. The predicted octanol–water partition coefficient (Wildman–Crippen LogP) is 4.20. The second-order valence-electron chi connectivity index (χ2n) is 6.48. The van der Waals surface area contributed by atoms with E-state index in [2.05, 4.69) is 20.7 Å². The van der Waals surface area contributed by atoms with E-state index in [1.54, 1.807) is 16.9 Å². The molecule has 0 aliphatic heterocycles. The predicted molar refractivity (Wildman–Crippen MR) is 111 cm³/mol. The fraction of sp³-hybridized carbons (Fsp3) is 0.136. The van der Waals surface area contributed by atoms with Crippen LogP contribution in [-0.4, -0.2) is 27.3 Å². The minimum absolute atomic E-state index is 0.299. The molecule has 2 aromatic carbocycles. The normalized spacial score (nSPS) is 10.7. The maximum Gasteiger partial charge on any atom is 0.320 e. The third-order valence-corrected chi connectivity index (χ3v) is 4.45. The number of urea groups is 1. The maximum absolute atomic E-state index is 12.3. The van der Waals surface area contributed by atoms with Gasteiger partial charge in [0.2, 0.25) is 5.89 Å². The molecule has 0 saturated heterocycles. The van der Waals surface area contributed by atoms with Crippen LogP contribution in [0.4, 0.5) is 10.6 Å². The average Bonchev–Trinajstić information content (AvgIpc) is 3.36. The first kappa shape index (κ1) is 18.5. The first-order valence-corrected chi connectivity index (χ1v) is 9.37. The lowest BCUT2D eigenvalue weighted by molar-refractivity contribution is 0.252. The fourth-order valence-electron chi connectivity index (χ4n) is 2.99. The third-order valence-electron chi connectivity index (χ3n) is 4.45. The largest absolute Gasteiger partial charge is 0.441 e. The van der Waals surface area contributed by atoms with E-state index >= 15 is 0 Å². The van der Waals surface area contributed by atoms with E-state index in [9.17, 15) is 4.79 Å². The lowest BCUT2D eigenvalue weighted by Gasteiger charge is -2.09. The number of carbonyl (C=O) groups excluding carboxylic acids is 1. The third kappa shape index (κ3) is 4.35. The molecule has 4 rings (SSSR count). The van der Waals surface area contributed by atoms with Gasteiger partial charge in [0, 0.05) is 24.6 Å². The second kappa shape index (κ2) is 8.43. The van der Waals surface area contributed by atoms with Crippen molar-refractivity contribution in [2.24, 2.45) is 0 Å². The highest BCUT2D eigenvalue weighted by Gasteiger charge is 2.12. The van der Waals surface area contributed by atoms with E-state index in [0.29, 0.717) is 24.7 Å². The molecule has 2 amide bonds. The van der Waals surface area contributed by atoms with Gasteiger partial charge < -0.3 is 9.73 Å². The first-order chi connectivity index (χ1) is 14.2. The molecular formula is C22H21N5O2. The average molecular weight is 387 g/mol. The number of aromatic nitrogens is 3. The molecule has 0 aliphatic carbocycles. The van der Waals surface area contributed by atoms with Gasteiger partial charge in [-0.1, -0.05) is 36.4 Å². The second-order valence-corrected chi connectivity index (χ2v) is 6.48. The molecule has 0 spiro atoms. The van der Waals surface area contributed by atoms with Crippen molar-refractivity contribution < 1.29 is 9.21 Å². The highest BCUT2D eigenvalue weighted by molar-refractivity contribution is 5.88. The van der Waals surface area contributed by atoms with Crippen LogP contribution in [0.5, 0.6) is 0 Å². The fourth-order valence-corrected chi connectivity index (χ4v) is 2.99. The molecule has 7 nitrogen and oxygen atoms in total. The number of amides is 2. The van der Waals surface area contributed by atoms with E-state index in [-0.39, 0.29) is 6.03 Å². The number of nitrogens with zero attached hydrogens (tertiary/aromatic N) is 3.